The molecule has 0 saturated carbocycles. The molecule has 4 aromatic rings. The van der Waals surface area contributed by atoms with E-state index >= 15 is 0 Å². The lowest BCUT2D eigenvalue weighted by molar-refractivity contribution is 0.102. The third kappa shape index (κ3) is 7.25. The summed E-state index contributed by atoms with van der Waals surface area (Å²) in [6, 6.07) is 20.9. The molecule has 1 heterocycles. The third-order valence-corrected chi connectivity index (χ3v) is 9.57. The van der Waals surface area contributed by atoms with Crippen molar-refractivity contribution in [1.29, 1.82) is 0 Å². The molecule has 218 valence electrons. The van der Waals surface area contributed by atoms with Crippen molar-refractivity contribution in [2.75, 3.05) is 12.4 Å². The molecule has 1 amide bonds. The van der Waals surface area contributed by atoms with Gasteiger partial charge in [-0.2, -0.15) is 0 Å². The quantitative estimate of drug-likeness (QED) is 0.191. The molecule has 1 aliphatic carbocycles. The summed E-state index contributed by atoms with van der Waals surface area (Å²) in [7, 11) is 1.63. The van der Waals surface area contributed by atoms with Crippen molar-refractivity contribution in [2.45, 2.75) is 46.6 Å². The number of methoxy groups -OCH3 is 1. The average molecular weight is 666 g/mol. The largest absolute Gasteiger partial charge is 0.493 e. The number of nitrogens with one attached hydrogen (secondary N) is 1. The number of carbonyl (C=O) groups excluding carboxylic acids is 1. The van der Waals surface area contributed by atoms with Gasteiger partial charge in [-0.1, -0.05) is 60.4 Å². The second kappa shape index (κ2) is 13.0. The highest BCUT2D eigenvalue weighted by atomic mass is 79.9. The third-order valence-electron chi connectivity index (χ3n) is 7.63. The van der Waals surface area contributed by atoms with Crippen LogP contribution in [0, 0.1) is 11.3 Å². The number of ether oxygens (including phenoxy) is 2. The number of hydrogen-bond donors (Lipinski definition) is 1. The number of anilines is 1. The van der Waals surface area contributed by atoms with Crippen molar-refractivity contribution in [1.82, 2.24) is 0 Å². The van der Waals surface area contributed by atoms with Gasteiger partial charge in [0, 0.05) is 26.3 Å². The van der Waals surface area contributed by atoms with Crippen LogP contribution in [0.5, 0.6) is 11.5 Å². The van der Waals surface area contributed by atoms with Crippen LogP contribution in [0.25, 0.3) is 0 Å². The Kier molecular flexibility index (Phi) is 9.41. The van der Waals surface area contributed by atoms with Crippen LogP contribution in [0.3, 0.4) is 0 Å². The Morgan fingerprint density at radius 3 is 2.52 bits per heavy atom. The molecule has 1 aromatic heterocycles. The van der Waals surface area contributed by atoms with Crippen LogP contribution in [0.4, 0.5) is 10.7 Å². The highest BCUT2D eigenvalue weighted by Crippen LogP contribution is 2.45. The average Bonchev–Trinajstić information content (AvgIpc) is 3.34. The van der Waals surface area contributed by atoms with Gasteiger partial charge in [-0.25, -0.2) is 4.99 Å². The first-order chi connectivity index (χ1) is 20.1. The van der Waals surface area contributed by atoms with Gasteiger partial charge < -0.3 is 14.8 Å². The number of halogens is 2. The fourth-order valence-corrected chi connectivity index (χ4v) is 6.78. The van der Waals surface area contributed by atoms with E-state index < -0.39 is 0 Å². The van der Waals surface area contributed by atoms with Crippen LogP contribution >= 0.6 is 38.9 Å². The maximum absolute atomic E-state index is 13.6. The van der Waals surface area contributed by atoms with Crippen molar-refractivity contribution < 1.29 is 14.3 Å². The smallest absolute Gasteiger partial charge is 0.259 e. The summed E-state index contributed by atoms with van der Waals surface area (Å²) in [5.74, 6) is 1.68. The first-order valence-electron chi connectivity index (χ1n) is 13.9. The second-order valence-corrected chi connectivity index (χ2v) is 14.0. The van der Waals surface area contributed by atoms with E-state index in [9.17, 15) is 4.79 Å². The molecule has 0 saturated heterocycles. The highest BCUT2D eigenvalue weighted by molar-refractivity contribution is 9.10. The van der Waals surface area contributed by atoms with Gasteiger partial charge in [-0.05, 0) is 102 Å². The lowest BCUT2D eigenvalue weighted by atomic mass is 9.72. The van der Waals surface area contributed by atoms with Gasteiger partial charge in [0.15, 0.2) is 11.5 Å². The first-order valence-corrected chi connectivity index (χ1v) is 15.9. The zero-order chi connectivity index (χ0) is 29.9. The Hall–Kier alpha value is -3.13. The number of thiophene rings is 1. The van der Waals surface area contributed by atoms with Gasteiger partial charge in [0.1, 0.15) is 11.6 Å². The summed E-state index contributed by atoms with van der Waals surface area (Å²) in [5.41, 5.74) is 4.60. The summed E-state index contributed by atoms with van der Waals surface area (Å²) in [4.78, 5) is 19.8. The monoisotopic (exact) mass is 664 g/mol. The number of aliphatic imine (C=N–C) groups is 1. The molecule has 42 heavy (non-hydrogen) atoms. The molecule has 0 bridgehead atoms. The normalized spacial score (nSPS) is 15.0. The number of nitrogens with zero attached hydrogens (tertiary/aromatic N) is 1. The van der Waals surface area contributed by atoms with E-state index in [1.165, 1.54) is 4.88 Å². The molecule has 8 heteroatoms. The molecule has 5 nitrogen and oxygen atoms in total. The zero-order valence-electron chi connectivity index (χ0n) is 24.2. The van der Waals surface area contributed by atoms with Gasteiger partial charge in [0.2, 0.25) is 0 Å². The summed E-state index contributed by atoms with van der Waals surface area (Å²) >= 11 is 11.1. The molecule has 0 radical (unpaired) electrons. The van der Waals surface area contributed by atoms with Crippen molar-refractivity contribution in [3.05, 3.63) is 103 Å². The molecule has 1 aliphatic rings. The van der Waals surface area contributed by atoms with E-state index in [4.69, 9.17) is 26.1 Å². The van der Waals surface area contributed by atoms with E-state index in [1.807, 2.05) is 54.6 Å². The Bertz CT molecular complexity index is 1590. The Labute approximate surface area is 265 Å². The van der Waals surface area contributed by atoms with Crippen LogP contribution in [0.2, 0.25) is 5.02 Å². The molecule has 1 atom stereocenters. The van der Waals surface area contributed by atoms with Crippen LogP contribution in [0.1, 0.15) is 59.1 Å². The molecule has 0 aliphatic heterocycles. The number of amides is 1. The topological polar surface area (TPSA) is 59.9 Å². The standard InChI is InChI=1S/C34H34BrClN2O3S/c1-34(2,3)23-8-15-27-30(18-23)42-33(31(27)32(39)38-26-13-11-25(36)12-14-26)37-19-22-7-16-28(29(17-22)40-4)41-20-21-5-9-24(35)10-6-21/h5-7,9-14,16-17,19,23H,8,15,18,20H2,1-4H3,(H,38,39)/t23-/m1/s1. The molecule has 3 aromatic carbocycles. The zero-order valence-corrected chi connectivity index (χ0v) is 27.3. The highest BCUT2D eigenvalue weighted by Gasteiger charge is 2.33. The summed E-state index contributed by atoms with van der Waals surface area (Å²) in [6.07, 6.45) is 4.67. The minimum atomic E-state index is -0.148. The van der Waals surface area contributed by atoms with Crippen molar-refractivity contribution in [3.63, 3.8) is 0 Å². The van der Waals surface area contributed by atoms with Crippen LogP contribution in [-0.2, 0) is 19.4 Å². The minimum Gasteiger partial charge on any atom is -0.493 e. The number of fused-ring (bicyclic) bond motifs is 1. The predicted octanol–water partition coefficient (Wildman–Crippen LogP) is 9.91. The lowest BCUT2D eigenvalue weighted by Crippen LogP contribution is -2.27. The van der Waals surface area contributed by atoms with Gasteiger partial charge >= 0.3 is 0 Å². The molecule has 0 spiro atoms. The van der Waals surface area contributed by atoms with Crippen molar-refractivity contribution >= 4 is 61.7 Å². The minimum absolute atomic E-state index is 0.148. The van der Waals surface area contributed by atoms with Crippen LogP contribution < -0.4 is 14.8 Å². The van der Waals surface area contributed by atoms with Crippen LogP contribution in [0.15, 0.2) is 76.2 Å². The summed E-state index contributed by atoms with van der Waals surface area (Å²) < 4.78 is 12.7. The number of benzene rings is 3. The fourth-order valence-electron chi connectivity index (χ4n) is 5.12. The van der Waals surface area contributed by atoms with Gasteiger partial charge in [0.25, 0.3) is 5.91 Å². The Morgan fingerprint density at radius 2 is 1.83 bits per heavy atom. The van der Waals surface area contributed by atoms with Gasteiger partial charge in [-0.15, -0.1) is 11.3 Å². The van der Waals surface area contributed by atoms with Gasteiger partial charge in [0.05, 0.1) is 12.7 Å². The number of carbonyl (C=O) groups is 1. The Balaban J connectivity index is 1.41. The lowest BCUT2D eigenvalue weighted by Gasteiger charge is -2.33. The molecular formula is C34H34BrClN2O3S. The van der Waals surface area contributed by atoms with Gasteiger partial charge in [-0.3, -0.25) is 4.79 Å². The first kappa shape index (κ1) is 30.3. The SMILES string of the molecule is COc1cc(C=Nc2sc3c(c2C(=O)Nc2ccc(Cl)cc2)CC[C@@H](C(C)(C)C)C3)ccc1OCc1ccc(Br)cc1. The number of hydrogen-bond acceptors (Lipinski definition) is 5. The summed E-state index contributed by atoms with van der Waals surface area (Å²) in [5, 5.41) is 4.40. The Morgan fingerprint density at radius 1 is 1.10 bits per heavy atom. The number of rotatable bonds is 8. The van der Waals surface area contributed by atoms with E-state index in [2.05, 4.69) is 42.0 Å². The predicted molar refractivity (Wildman–Crippen MR) is 177 cm³/mol. The van der Waals surface area contributed by atoms with E-state index in [-0.39, 0.29) is 11.3 Å². The molecule has 1 N–H and O–H groups in total. The molecule has 0 unspecified atom stereocenters. The molecular weight excluding hydrogens is 632 g/mol. The maximum Gasteiger partial charge on any atom is 0.259 e. The second-order valence-electron chi connectivity index (χ2n) is 11.5. The van der Waals surface area contributed by atoms with E-state index in [0.29, 0.717) is 40.3 Å². The van der Waals surface area contributed by atoms with E-state index in [0.717, 1.165) is 45.4 Å². The van der Waals surface area contributed by atoms with Crippen molar-refractivity contribution in [3.8, 4) is 11.5 Å². The maximum atomic E-state index is 13.6. The van der Waals surface area contributed by atoms with E-state index in [1.54, 1.807) is 36.8 Å². The molecule has 5 rings (SSSR count). The molecule has 0 fully saturated rings. The summed E-state index contributed by atoms with van der Waals surface area (Å²) in [6.45, 7) is 7.31. The fraction of sp³-hybridized carbons (Fsp3) is 0.294. The van der Waals surface area contributed by atoms with Crippen LogP contribution in [-0.4, -0.2) is 19.2 Å². The van der Waals surface area contributed by atoms with Crippen molar-refractivity contribution in [2.24, 2.45) is 16.3 Å².